The molecule has 1 saturated heterocycles. The first-order chi connectivity index (χ1) is 11.6. The number of thiazole rings is 1. The lowest BCUT2D eigenvalue weighted by atomic mass is 10.1. The van der Waals surface area contributed by atoms with Crippen LogP contribution >= 0.6 is 11.3 Å². The third-order valence-corrected chi connectivity index (χ3v) is 5.49. The summed E-state index contributed by atoms with van der Waals surface area (Å²) in [6.45, 7) is 2.16. The van der Waals surface area contributed by atoms with E-state index < -0.39 is 0 Å². The fourth-order valence-corrected chi connectivity index (χ4v) is 4.32. The molecule has 1 aliphatic heterocycles. The van der Waals surface area contributed by atoms with Crippen molar-refractivity contribution in [1.29, 1.82) is 0 Å². The number of hydrogen-bond acceptors (Lipinski definition) is 4. The number of nitrogens with one attached hydrogen (secondary N) is 1. The molecule has 1 N–H and O–H groups in total. The van der Waals surface area contributed by atoms with Crippen molar-refractivity contribution in [3.63, 3.8) is 0 Å². The Morgan fingerprint density at radius 2 is 2.08 bits per heavy atom. The van der Waals surface area contributed by atoms with Crippen molar-refractivity contribution in [3.05, 3.63) is 36.4 Å². The van der Waals surface area contributed by atoms with Gasteiger partial charge in [-0.05, 0) is 24.3 Å². The fraction of sp³-hybridized carbons (Fsp3) is 0.278. The predicted octanol–water partition coefficient (Wildman–Crippen LogP) is 3.40. The van der Waals surface area contributed by atoms with E-state index in [2.05, 4.69) is 22.4 Å². The topological polar surface area (TPSA) is 62.3 Å². The van der Waals surface area contributed by atoms with Gasteiger partial charge in [0.05, 0.1) is 10.2 Å². The van der Waals surface area contributed by atoms with Crippen LogP contribution in [0.4, 0.5) is 5.13 Å². The second-order valence-electron chi connectivity index (χ2n) is 6.01. The summed E-state index contributed by atoms with van der Waals surface area (Å²) >= 11 is 1.48. The molecule has 0 radical (unpaired) electrons. The highest BCUT2D eigenvalue weighted by Crippen LogP contribution is 2.33. The van der Waals surface area contributed by atoms with Gasteiger partial charge >= 0.3 is 0 Å². The molecule has 1 atom stereocenters. The molecule has 0 spiro atoms. The van der Waals surface area contributed by atoms with E-state index in [1.807, 2.05) is 24.3 Å². The zero-order chi connectivity index (χ0) is 16.7. The normalized spacial score (nSPS) is 17.5. The summed E-state index contributed by atoms with van der Waals surface area (Å²) in [4.78, 5) is 30.3. The number of rotatable bonds is 2. The number of likely N-dealkylation sites (tertiary alicyclic amines) is 1. The summed E-state index contributed by atoms with van der Waals surface area (Å²) in [5.74, 6) is -0.200. The van der Waals surface area contributed by atoms with Crippen LogP contribution in [0.2, 0.25) is 0 Å². The molecule has 2 amide bonds. The van der Waals surface area contributed by atoms with E-state index in [1.165, 1.54) is 18.3 Å². The lowest BCUT2D eigenvalue weighted by Crippen LogP contribution is -2.42. The molecule has 1 unspecified atom stereocenters. The second kappa shape index (κ2) is 5.87. The monoisotopic (exact) mass is 339 g/mol. The molecule has 1 aliphatic rings. The maximum Gasteiger partial charge on any atom is 0.248 e. The number of aromatic nitrogens is 1. The van der Waals surface area contributed by atoms with Crippen LogP contribution in [-0.4, -0.2) is 34.3 Å². The molecule has 3 aromatic rings. The Morgan fingerprint density at radius 1 is 1.25 bits per heavy atom. The van der Waals surface area contributed by atoms with Gasteiger partial charge in [-0.2, -0.15) is 0 Å². The molecular formula is C18H17N3O2S. The zero-order valence-electron chi connectivity index (χ0n) is 13.3. The summed E-state index contributed by atoms with van der Waals surface area (Å²) in [5, 5.41) is 5.78. The summed E-state index contributed by atoms with van der Waals surface area (Å²) in [6.07, 6.45) is 1.57. The molecule has 1 fully saturated rings. The second-order valence-corrected chi connectivity index (χ2v) is 7.01. The van der Waals surface area contributed by atoms with Gasteiger partial charge in [0.25, 0.3) is 0 Å². The van der Waals surface area contributed by atoms with Crippen molar-refractivity contribution in [2.45, 2.75) is 25.8 Å². The molecule has 2 heterocycles. The molecule has 0 bridgehead atoms. The first-order valence-corrected chi connectivity index (χ1v) is 8.81. The molecule has 1 aromatic heterocycles. The van der Waals surface area contributed by atoms with Gasteiger partial charge in [0, 0.05) is 18.9 Å². The van der Waals surface area contributed by atoms with Crippen LogP contribution < -0.4 is 5.32 Å². The van der Waals surface area contributed by atoms with Gasteiger partial charge < -0.3 is 10.2 Å². The minimum absolute atomic E-state index is 0.0528. The Hall–Kier alpha value is -2.47. The van der Waals surface area contributed by atoms with Gasteiger partial charge in [-0.3, -0.25) is 9.59 Å². The van der Waals surface area contributed by atoms with Gasteiger partial charge in [0.1, 0.15) is 6.04 Å². The molecule has 24 heavy (non-hydrogen) atoms. The predicted molar refractivity (Wildman–Crippen MR) is 96.2 cm³/mol. The number of amides is 2. The first-order valence-electron chi connectivity index (χ1n) is 8.00. The van der Waals surface area contributed by atoms with E-state index in [0.29, 0.717) is 18.1 Å². The Balaban J connectivity index is 1.64. The standard InChI is InChI=1S/C18H17N3O2S/c1-11(22)21-10-4-7-15(21)17(23)20-18-19-14-9-8-12-5-2-3-6-13(12)16(14)24-18/h2-3,5-6,8-9,15H,4,7,10H2,1H3,(H,19,20,23). The number of nitrogens with zero attached hydrogens (tertiary/aromatic N) is 2. The van der Waals surface area contributed by atoms with Crippen LogP contribution in [0.3, 0.4) is 0 Å². The van der Waals surface area contributed by atoms with E-state index >= 15 is 0 Å². The Bertz CT molecular complexity index is 950. The molecular weight excluding hydrogens is 322 g/mol. The lowest BCUT2D eigenvalue weighted by molar-refractivity contribution is -0.134. The molecule has 6 heteroatoms. The molecule has 4 rings (SSSR count). The van der Waals surface area contributed by atoms with E-state index in [4.69, 9.17) is 0 Å². The third-order valence-electron chi connectivity index (χ3n) is 4.47. The van der Waals surface area contributed by atoms with Crippen LogP contribution in [0.15, 0.2) is 36.4 Å². The molecule has 0 saturated carbocycles. The van der Waals surface area contributed by atoms with Crippen molar-refractivity contribution < 1.29 is 9.59 Å². The van der Waals surface area contributed by atoms with Crippen molar-refractivity contribution in [1.82, 2.24) is 9.88 Å². The van der Waals surface area contributed by atoms with Crippen molar-refractivity contribution in [2.75, 3.05) is 11.9 Å². The minimum Gasteiger partial charge on any atom is -0.331 e. The number of benzene rings is 2. The maximum atomic E-state index is 12.5. The van der Waals surface area contributed by atoms with E-state index in [0.717, 1.165) is 27.4 Å². The van der Waals surface area contributed by atoms with Crippen molar-refractivity contribution in [2.24, 2.45) is 0 Å². The van der Waals surface area contributed by atoms with E-state index in [1.54, 1.807) is 4.90 Å². The third kappa shape index (κ3) is 2.53. The molecule has 5 nitrogen and oxygen atoms in total. The lowest BCUT2D eigenvalue weighted by Gasteiger charge is -2.21. The Morgan fingerprint density at radius 3 is 2.92 bits per heavy atom. The number of carbonyl (C=O) groups is 2. The number of fused-ring (bicyclic) bond motifs is 3. The van der Waals surface area contributed by atoms with Gasteiger partial charge in [0.15, 0.2) is 5.13 Å². The molecule has 122 valence electrons. The highest BCUT2D eigenvalue weighted by Gasteiger charge is 2.32. The van der Waals surface area contributed by atoms with E-state index in [9.17, 15) is 9.59 Å². The van der Waals surface area contributed by atoms with Gasteiger partial charge in [0.2, 0.25) is 11.8 Å². The molecule has 0 aliphatic carbocycles. The van der Waals surface area contributed by atoms with Crippen molar-refractivity contribution in [3.8, 4) is 0 Å². The van der Waals surface area contributed by atoms with Gasteiger partial charge in [-0.25, -0.2) is 4.98 Å². The van der Waals surface area contributed by atoms with Gasteiger partial charge in [-0.1, -0.05) is 41.7 Å². The average Bonchev–Trinajstić information content (AvgIpc) is 3.21. The van der Waals surface area contributed by atoms with E-state index in [-0.39, 0.29) is 17.9 Å². The zero-order valence-corrected chi connectivity index (χ0v) is 14.1. The van der Waals surface area contributed by atoms with Crippen molar-refractivity contribution >= 4 is 49.3 Å². The van der Waals surface area contributed by atoms with Crippen LogP contribution in [-0.2, 0) is 9.59 Å². The highest BCUT2D eigenvalue weighted by molar-refractivity contribution is 7.23. The summed E-state index contributed by atoms with van der Waals surface area (Å²) in [7, 11) is 0. The minimum atomic E-state index is -0.383. The SMILES string of the molecule is CC(=O)N1CCCC1C(=O)Nc1nc2ccc3ccccc3c2s1. The summed E-state index contributed by atoms with van der Waals surface area (Å²) < 4.78 is 1.07. The number of carbonyl (C=O) groups excluding carboxylic acids is 2. The van der Waals surface area contributed by atoms with Crippen LogP contribution in [0.1, 0.15) is 19.8 Å². The van der Waals surface area contributed by atoms with Gasteiger partial charge in [-0.15, -0.1) is 0 Å². The first kappa shape index (κ1) is 15.1. The smallest absolute Gasteiger partial charge is 0.248 e. The highest BCUT2D eigenvalue weighted by atomic mass is 32.1. The Kier molecular flexibility index (Phi) is 3.69. The van der Waals surface area contributed by atoms with Crippen LogP contribution in [0.25, 0.3) is 21.0 Å². The quantitative estimate of drug-likeness (QED) is 0.778. The largest absolute Gasteiger partial charge is 0.331 e. The summed E-state index contributed by atoms with van der Waals surface area (Å²) in [5.41, 5.74) is 0.879. The molecule has 2 aromatic carbocycles. The number of hydrogen-bond donors (Lipinski definition) is 1. The maximum absolute atomic E-state index is 12.5. The number of anilines is 1. The fourth-order valence-electron chi connectivity index (χ4n) is 3.31. The summed E-state index contributed by atoms with van der Waals surface area (Å²) in [6, 6.07) is 11.8. The average molecular weight is 339 g/mol. The Labute approximate surface area is 143 Å². The van der Waals surface area contributed by atoms with Crippen LogP contribution in [0.5, 0.6) is 0 Å². The van der Waals surface area contributed by atoms with Crippen LogP contribution in [0, 0.1) is 0 Å².